The minimum atomic E-state index is 0.746. The van der Waals surface area contributed by atoms with Crippen molar-refractivity contribution in [2.75, 3.05) is 0 Å². The molecule has 0 aliphatic heterocycles. The molecular weight excluding hydrogens is 332 g/mol. The van der Waals surface area contributed by atoms with Crippen LogP contribution in [0.25, 0.3) is 16.9 Å². The van der Waals surface area contributed by atoms with Crippen molar-refractivity contribution in [3.8, 4) is 11.3 Å². The maximum absolute atomic E-state index is 4.80. The van der Waals surface area contributed by atoms with E-state index in [1.807, 2.05) is 35.7 Å². The molecule has 2 heterocycles. The van der Waals surface area contributed by atoms with Gasteiger partial charge in [0, 0.05) is 11.8 Å². The zero-order chi connectivity index (χ0) is 18.8. The quantitative estimate of drug-likeness (QED) is 0.381. The van der Waals surface area contributed by atoms with Gasteiger partial charge in [-0.25, -0.2) is 4.98 Å². The molecule has 4 rings (SSSR count). The SMILES string of the molecule is CCc1ccc(-c2nc3ccccn3c2N=Nc2cc(C)ccc2C)cc1. The topological polar surface area (TPSA) is 42.0 Å². The van der Waals surface area contributed by atoms with Gasteiger partial charge in [-0.3, -0.25) is 4.40 Å². The van der Waals surface area contributed by atoms with Gasteiger partial charge in [-0.05, 0) is 55.2 Å². The normalized spacial score (nSPS) is 11.5. The average Bonchev–Trinajstić information content (AvgIpc) is 3.07. The van der Waals surface area contributed by atoms with Gasteiger partial charge in [-0.1, -0.05) is 49.4 Å². The maximum Gasteiger partial charge on any atom is 0.187 e. The van der Waals surface area contributed by atoms with Gasteiger partial charge in [0.2, 0.25) is 0 Å². The van der Waals surface area contributed by atoms with Gasteiger partial charge in [0.05, 0.1) is 5.69 Å². The molecule has 0 spiro atoms. The number of benzene rings is 2. The number of rotatable bonds is 4. The fraction of sp³-hybridized carbons (Fsp3) is 0.174. The molecule has 0 saturated heterocycles. The molecule has 0 aliphatic rings. The van der Waals surface area contributed by atoms with Gasteiger partial charge in [-0.15, -0.1) is 10.2 Å². The predicted molar refractivity (Wildman–Crippen MR) is 110 cm³/mol. The number of aryl methyl sites for hydroxylation is 3. The number of hydrogen-bond donors (Lipinski definition) is 0. The van der Waals surface area contributed by atoms with Crippen LogP contribution in [0.4, 0.5) is 11.5 Å². The van der Waals surface area contributed by atoms with Crippen LogP contribution in [0, 0.1) is 13.8 Å². The Kier molecular flexibility index (Phi) is 4.55. The molecule has 0 fully saturated rings. The van der Waals surface area contributed by atoms with E-state index < -0.39 is 0 Å². The number of nitrogens with zero attached hydrogens (tertiary/aromatic N) is 4. The van der Waals surface area contributed by atoms with E-state index in [0.717, 1.165) is 40.4 Å². The zero-order valence-corrected chi connectivity index (χ0v) is 15.8. The summed E-state index contributed by atoms with van der Waals surface area (Å²) in [5.41, 5.74) is 7.22. The van der Waals surface area contributed by atoms with E-state index in [1.54, 1.807) is 0 Å². The first-order valence-corrected chi connectivity index (χ1v) is 9.21. The Balaban J connectivity index is 1.85. The van der Waals surface area contributed by atoms with E-state index in [2.05, 4.69) is 66.5 Å². The highest BCUT2D eigenvalue weighted by Crippen LogP contribution is 2.33. The maximum atomic E-state index is 4.80. The molecule has 0 radical (unpaired) electrons. The van der Waals surface area contributed by atoms with Crippen LogP contribution < -0.4 is 0 Å². The summed E-state index contributed by atoms with van der Waals surface area (Å²) in [5.74, 6) is 0.746. The van der Waals surface area contributed by atoms with Crippen LogP contribution >= 0.6 is 0 Å². The second-order valence-electron chi connectivity index (χ2n) is 6.75. The first-order chi connectivity index (χ1) is 13.2. The van der Waals surface area contributed by atoms with Crippen LogP contribution in [0.15, 0.2) is 77.1 Å². The summed E-state index contributed by atoms with van der Waals surface area (Å²) < 4.78 is 1.98. The molecule has 0 atom stereocenters. The fourth-order valence-electron chi connectivity index (χ4n) is 3.10. The van der Waals surface area contributed by atoms with Gasteiger partial charge in [-0.2, -0.15) is 0 Å². The van der Waals surface area contributed by atoms with Crippen molar-refractivity contribution in [3.63, 3.8) is 0 Å². The van der Waals surface area contributed by atoms with E-state index in [4.69, 9.17) is 4.98 Å². The molecule has 0 N–H and O–H groups in total. The second-order valence-corrected chi connectivity index (χ2v) is 6.75. The number of hydrogen-bond acceptors (Lipinski definition) is 3. The Morgan fingerprint density at radius 2 is 1.74 bits per heavy atom. The number of imidazole rings is 1. The minimum absolute atomic E-state index is 0.746. The zero-order valence-electron chi connectivity index (χ0n) is 15.8. The number of azo groups is 1. The third-order valence-corrected chi connectivity index (χ3v) is 4.76. The minimum Gasteiger partial charge on any atom is -0.283 e. The van der Waals surface area contributed by atoms with Crippen molar-refractivity contribution >= 4 is 17.2 Å². The Morgan fingerprint density at radius 1 is 0.926 bits per heavy atom. The van der Waals surface area contributed by atoms with Crippen LogP contribution in [0.2, 0.25) is 0 Å². The summed E-state index contributed by atoms with van der Waals surface area (Å²) in [7, 11) is 0. The van der Waals surface area contributed by atoms with Crippen molar-refractivity contribution in [2.45, 2.75) is 27.2 Å². The van der Waals surface area contributed by atoms with Crippen molar-refractivity contribution in [1.82, 2.24) is 9.38 Å². The van der Waals surface area contributed by atoms with Gasteiger partial charge in [0.25, 0.3) is 0 Å². The molecule has 0 saturated carbocycles. The summed E-state index contributed by atoms with van der Waals surface area (Å²) >= 11 is 0. The van der Waals surface area contributed by atoms with E-state index in [9.17, 15) is 0 Å². The Bertz CT molecular complexity index is 1120. The van der Waals surface area contributed by atoms with Crippen molar-refractivity contribution in [1.29, 1.82) is 0 Å². The molecule has 27 heavy (non-hydrogen) atoms. The van der Waals surface area contributed by atoms with E-state index in [0.29, 0.717) is 0 Å². The van der Waals surface area contributed by atoms with Gasteiger partial charge < -0.3 is 0 Å². The van der Waals surface area contributed by atoms with Crippen LogP contribution in [0.5, 0.6) is 0 Å². The molecule has 4 aromatic rings. The largest absolute Gasteiger partial charge is 0.283 e. The predicted octanol–water partition coefficient (Wildman–Crippen LogP) is 6.60. The lowest BCUT2D eigenvalue weighted by Crippen LogP contribution is -1.83. The first-order valence-electron chi connectivity index (χ1n) is 9.21. The third-order valence-electron chi connectivity index (χ3n) is 4.76. The fourth-order valence-corrected chi connectivity index (χ4v) is 3.10. The molecule has 0 aliphatic carbocycles. The van der Waals surface area contributed by atoms with Gasteiger partial charge in [0.15, 0.2) is 5.82 Å². The highest BCUT2D eigenvalue weighted by Gasteiger charge is 2.14. The van der Waals surface area contributed by atoms with Crippen molar-refractivity contribution in [2.24, 2.45) is 10.2 Å². The molecule has 4 nitrogen and oxygen atoms in total. The van der Waals surface area contributed by atoms with Crippen LogP contribution in [0.3, 0.4) is 0 Å². The van der Waals surface area contributed by atoms with Crippen LogP contribution in [-0.2, 0) is 6.42 Å². The first kappa shape index (κ1) is 17.2. The van der Waals surface area contributed by atoms with Gasteiger partial charge in [0.1, 0.15) is 11.3 Å². The summed E-state index contributed by atoms with van der Waals surface area (Å²) in [6.07, 6.45) is 2.99. The summed E-state index contributed by atoms with van der Waals surface area (Å²) in [6, 6.07) is 20.7. The molecule has 0 unspecified atom stereocenters. The smallest absolute Gasteiger partial charge is 0.187 e. The average molecular weight is 354 g/mol. The summed E-state index contributed by atoms with van der Waals surface area (Å²) in [4.78, 5) is 4.80. The molecule has 0 bridgehead atoms. The molecule has 4 heteroatoms. The van der Waals surface area contributed by atoms with E-state index in [1.165, 1.54) is 11.1 Å². The van der Waals surface area contributed by atoms with Crippen LogP contribution in [-0.4, -0.2) is 9.38 Å². The number of fused-ring (bicyclic) bond motifs is 1. The highest BCUT2D eigenvalue weighted by molar-refractivity contribution is 5.74. The third kappa shape index (κ3) is 3.38. The summed E-state index contributed by atoms with van der Waals surface area (Å²) in [5, 5.41) is 9.15. The molecule has 2 aromatic carbocycles. The second kappa shape index (κ2) is 7.16. The molecule has 0 amide bonds. The molecule has 134 valence electrons. The number of pyridine rings is 1. The summed E-state index contributed by atoms with van der Waals surface area (Å²) in [6.45, 7) is 6.27. The van der Waals surface area contributed by atoms with Crippen LogP contribution in [0.1, 0.15) is 23.6 Å². The van der Waals surface area contributed by atoms with Gasteiger partial charge >= 0.3 is 0 Å². The highest BCUT2D eigenvalue weighted by atomic mass is 15.2. The van der Waals surface area contributed by atoms with E-state index in [-0.39, 0.29) is 0 Å². The Hall–Kier alpha value is -3.27. The van der Waals surface area contributed by atoms with Crippen molar-refractivity contribution in [3.05, 3.63) is 83.6 Å². The Labute approximate surface area is 159 Å². The lowest BCUT2D eigenvalue weighted by molar-refractivity contribution is 1.10. The lowest BCUT2D eigenvalue weighted by Gasteiger charge is -2.03. The monoisotopic (exact) mass is 354 g/mol. The van der Waals surface area contributed by atoms with Crippen molar-refractivity contribution < 1.29 is 0 Å². The molecular formula is C23H22N4. The number of aromatic nitrogens is 2. The molecule has 2 aromatic heterocycles. The lowest BCUT2D eigenvalue weighted by atomic mass is 10.1. The Morgan fingerprint density at radius 3 is 2.52 bits per heavy atom. The standard InChI is InChI=1S/C23H22N4/c1-4-18-10-12-19(13-11-18)22-23(27-14-6-5-7-21(27)24-22)26-25-20-15-16(2)8-9-17(20)3/h5-15H,4H2,1-3H3. The van der Waals surface area contributed by atoms with E-state index >= 15 is 0 Å².